The first-order valence-electron chi connectivity index (χ1n) is 6.04. The van der Waals surface area contributed by atoms with E-state index in [0.717, 1.165) is 5.69 Å². The quantitative estimate of drug-likeness (QED) is 0.864. The first kappa shape index (κ1) is 13.2. The van der Waals surface area contributed by atoms with Crippen molar-refractivity contribution in [2.75, 3.05) is 5.32 Å². The van der Waals surface area contributed by atoms with Crippen LogP contribution in [0.2, 0.25) is 0 Å². The first-order chi connectivity index (χ1) is 8.86. The van der Waals surface area contributed by atoms with Gasteiger partial charge in [-0.15, -0.1) is 5.10 Å². The van der Waals surface area contributed by atoms with Crippen molar-refractivity contribution >= 4 is 11.7 Å². The van der Waals surface area contributed by atoms with Crippen molar-refractivity contribution in [1.82, 2.24) is 20.2 Å². The molecule has 0 aliphatic rings. The predicted molar refractivity (Wildman–Crippen MR) is 72.0 cm³/mol. The molecule has 6 nitrogen and oxygen atoms in total. The Labute approximate surface area is 111 Å². The third-order valence-electron chi connectivity index (χ3n) is 2.53. The van der Waals surface area contributed by atoms with Crippen LogP contribution in [0.4, 0.5) is 5.82 Å². The molecule has 0 atom stereocenters. The SMILES string of the molecule is Cc1cccc(NC(=O)c2n[nH]c(C(C)(C)C)n2)n1. The highest BCUT2D eigenvalue weighted by molar-refractivity contribution is 6.00. The molecule has 0 fully saturated rings. The number of amides is 1. The Morgan fingerprint density at radius 2 is 2.00 bits per heavy atom. The van der Waals surface area contributed by atoms with Gasteiger partial charge in [0, 0.05) is 11.1 Å². The Bertz CT molecular complexity index is 597. The molecule has 1 amide bonds. The van der Waals surface area contributed by atoms with E-state index in [1.165, 1.54) is 0 Å². The maximum Gasteiger partial charge on any atom is 0.296 e. The fraction of sp³-hybridized carbons (Fsp3) is 0.385. The third kappa shape index (κ3) is 3.15. The summed E-state index contributed by atoms with van der Waals surface area (Å²) in [6.45, 7) is 7.85. The summed E-state index contributed by atoms with van der Waals surface area (Å²) in [6, 6.07) is 5.42. The van der Waals surface area contributed by atoms with Gasteiger partial charge >= 0.3 is 0 Å². The van der Waals surface area contributed by atoms with E-state index in [4.69, 9.17) is 0 Å². The van der Waals surface area contributed by atoms with Crippen LogP contribution in [-0.4, -0.2) is 26.1 Å². The van der Waals surface area contributed by atoms with Crippen LogP contribution in [-0.2, 0) is 5.41 Å². The van der Waals surface area contributed by atoms with Gasteiger partial charge in [0.2, 0.25) is 5.82 Å². The minimum Gasteiger partial charge on any atom is -0.304 e. The van der Waals surface area contributed by atoms with E-state index in [2.05, 4.69) is 25.5 Å². The highest BCUT2D eigenvalue weighted by Gasteiger charge is 2.21. The molecule has 0 aliphatic heterocycles. The van der Waals surface area contributed by atoms with Crippen molar-refractivity contribution in [3.63, 3.8) is 0 Å². The molecule has 19 heavy (non-hydrogen) atoms. The molecule has 6 heteroatoms. The molecule has 2 aromatic heterocycles. The van der Waals surface area contributed by atoms with E-state index in [0.29, 0.717) is 11.6 Å². The van der Waals surface area contributed by atoms with Gasteiger partial charge in [-0.3, -0.25) is 9.89 Å². The summed E-state index contributed by atoms with van der Waals surface area (Å²) in [4.78, 5) is 20.4. The number of aryl methyl sites for hydroxylation is 1. The second-order valence-electron chi connectivity index (χ2n) is 5.38. The molecular weight excluding hydrogens is 242 g/mol. The Kier molecular flexibility index (Phi) is 3.33. The molecule has 2 rings (SSSR count). The van der Waals surface area contributed by atoms with Crippen molar-refractivity contribution in [2.24, 2.45) is 0 Å². The van der Waals surface area contributed by atoms with Gasteiger partial charge in [-0.05, 0) is 19.1 Å². The third-order valence-corrected chi connectivity index (χ3v) is 2.53. The molecule has 0 radical (unpaired) electrons. The summed E-state index contributed by atoms with van der Waals surface area (Å²) in [7, 11) is 0. The van der Waals surface area contributed by atoms with Crippen LogP contribution in [0.5, 0.6) is 0 Å². The van der Waals surface area contributed by atoms with Crippen LogP contribution in [0.3, 0.4) is 0 Å². The average Bonchev–Trinajstić information content (AvgIpc) is 2.77. The molecule has 2 aromatic rings. The van der Waals surface area contributed by atoms with Crippen LogP contribution in [0.1, 0.15) is 42.9 Å². The molecule has 100 valence electrons. The molecule has 0 saturated carbocycles. The largest absolute Gasteiger partial charge is 0.304 e. The Balaban J connectivity index is 2.14. The average molecular weight is 259 g/mol. The number of hydrogen-bond donors (Lipinski definition) is 2. The van der Waals surface area contributed by atoms with Crippen molar-refractivity contribution in [2.45, 2.75) is 33.1 Å². The zero-order valence-electron chi connectivity index (χ0n) is 11.5. The smallest absolute Gasteiger partial charge is 0.296 e. The Morgan fingerprint density at radius 3 is 2.58 bits per heavy atom. The van der Waals surface area contributed by atoms with Crippen LogP contribution in [0.15, 0.2) is 18.2 Å². The van der Waals surface area contributed by atoms with Crippen molar-refractivity contribution in [3.8, 4) is 0 Å². The molecule has 0 spiro atoms. The van der Waals surface area contributed by atoms with Gasteiger partial charge in [-0.1, -0.05) is 26.8 Å². The molecule has 2 N–H and O–H groups in total. The molecule has 0 unspecified atom stereocenters. The molecule has 0 aliphatic carbocycles. The summed E-state index contributed by atoms with van der Waals surface area (Å²) in [5.74, 6) is 0.917. The molecule has 0 saturated heterocycles. The minimum absolute atomic E-state index is 0.119. The van der Waals surface area contributed by atoms with E-state index in [1.807, 2.05) is 39.8 Å². The topological polar surface area (TPSA) is 83.6 Å². The zero-order chi connectivity index (χ0) is 14.0. The highest BCUT2D eigenvalue weighted by Crippen LogP contribution is 2.17. The second kappa shape index (κ2) is 4.79. The van der Waals surface area contributed by atoms with Crippen molar-refractivity contribution in [1.29, 1.82) is 0 Å². The van der Waals surface area contributed by atoms with Gasteiger partial charge in [0.25, 0.3) is 5.91 Å². The lowest BCUT2D eigenvalue weighted by atomic mass is 9.96. The van der Waals surface area contributed by atoms with Gasteiger partial charge in [-0.2, -0.15) is 0 Å². The summed E-state index contributed by atoms with van der Waals surface area (Å²) in [5.41, 5.74) is 0.663. The summed E-state index contributed by atoms with van der Waals surface area (Å²) in [6.07, 6.45) is 0. The number of anilines is 1. The first-order valence-corrected chi connectivity index (χ1v) is 6.04. The lowest BCUT2D eigenvalue weighted by molar-refractivity contribution is 0.101. The van der Waals surface area contributed by atoms with Crippen molar-refractivity contribution in [3.05, 3.63) is 35.5 Å². The summed E-state index contributed by atoms with van der Waals surface area (Å²) >= 11 is 0. The van der Waals surface area contributed by atoms with Gasteiger partial charge in [0.1, 0.15) is 11.6 Å². The maximum atomic E-state index is 12.0. The number of H-pyrrole nitrogens is 1. The van der Waals surface area contributed by atoms with Gasteiger partial charge in [-0.25, -0.2) is 9.97 Å². The number of pyridine rings is 1. The lowest BCUT2D eigenvalue weighted by Crippen LogP contribution is -2.16. The number of rotatable bonds is 2. The van der Waals surface area contributed by atoms with E-state index in [-0.39, 0.29) is 17.1 Å². The minimum atomic E-state index is -0.371. The number of nitrogens with zero attached hydrogens (tertiary/aromatic N) is 3. The predicted octanol–water partition coefficient (Wildman–Crippen LogP) is 2.06. The fourth-order valence-corrected chi connectivity index (χ4v) is 1.48. The Morgan fingerprint density at radius 1 is 1.26 bits per heavy atom. The van der Waals surface area contributed by atoms with Crippen LogP contribution >= 0.6 is 0 Å². The number of aromatic amines is 1. The van der Waals surface area contributed by atoms with Crippen LogP contribution in [0.25, 0.3) is 0 Å². The fourth-order valence-electron chi connectivity index (χ4n) is 1.48. The van der Waals surface area contributed by atoms with E-state index in [1.54, 1.807) is 6.07 Å². The summed E-state index contributed by atoms with van der Waals surface area (Å²) in [5, 5.41) is 9.38. The van der Waals surface area contributed by atoms with Crippen LogP contribution < -0.4 is 5.32 Å². The van der Waals surface area contributed by atoms with Crippen LogP contribution in [0, 0.1) is 6.92 Å². The number of carbonyl (C=O) groups excluding carboxylic acids is 1. The van der Waals surface area contributed by atoms with Gasteiger partial charge in [0.05, 0.1) is 0 Å². The second-order valence-corrected chi connectivity index (χ2v) is 5.38. The monoisotopic (exact) mass is 259 g/mol. The Hall–Kier alpha value is -2.24. The normalized spacial score (nSPS) is 11.4. The zero-order valence-corrected chi connectivity index (χ0v) is 11.5. The lowest BCUT2D eigenvalue weighted by Gasteiger charge is -2.12. The van der Waals surface area contributed by atoms with E-state index in [9.17, 15) is 4.79 Å². The molecule has 0 bridgehead atoms. The van der Waals surface area contributed by atoms with Gasteiger partial charge in [0.15, 0.2) is 0 Å². The molecule has 2 heterocycles. The summed E-state index contributed by atoms with van der Waals surface area (Å²) < 4.78 is 0. The van der Waals surface area contributed by atoms with E-state index >= 15 is 0 Å². The van der Waals surface area contributed by atoms with E-state index < -0.39 is 0 Å². The standard InChI is InChI=1S/C13H17N5O/c1-8-6-5-7-9(14-8)15-11(19)10-16-12(18-17-10)13(2,3)4/h5-7H,1-4H3,(H,14,15,19)(H,16,17,18). The molecule has 0 aromatic carbocycles. The molecular formula is C13H17N5O. The van der Waals surface area contributed by atoms with Gasteiger partial charge < -0.3 is 5.32 Å². The number of hydrogen-bond acceptors (Lipinski definition) is 4. The number of aromatic nitrogens is 4. The number of nitrogens with one attached hydrogen (secondary N) is 2. The maximum absolute atomic E-state index is 12.0. The number of carbonyl (C=O) groups is 1. The highest BCUT2D eigenvalue weighted by atomic mass is 16.2. The van der Waals surface area contributed by atoms with Crippen molar-refractivity contribution < 1.29 is 4.79 Å².